The van der Waals surface area contributed by atoms with Crippen molar-refractivity contribution in [2.24, 2.45) is 5.92 Å². The van der Waals surface area contributed by atoms with Gasteiger partial charge in [-0.25, -0.2) is 4.79 Å². The summed E-state index contributed by atoms with van der Waals surface area (Å²) in [5, 5.41) is 5.92. The lowest BCUT2D eigenvalue weighted by molar-refractivity contribution is -0.122. The van der Waals surface area contributed by atoms with Gasteiger partial charge in [0.15, 0.2) is 11.5 Å². The van der Waals surface area contributed by atoms with Crippen molar-refractivity contribution in [3.63, 3.8) is 0 Å². The van der Waals surface area contributed by atoms with Gasteiger partial charge in [0.1, 0.15) is 0 Å². The average Bonchev–Trinajstić information content (AvgIpc) is 2.87. The molecule has 2 aromatic rings. The van der Waals surface area contributed by atoms with Crippen LogP contribution >= 0.6 is 0 Å². The van der Waals surface area contributed by atoms with Gasteiger partial charge in [-0.15, -0.1) is 0 Å². The second-order valence-corrected chi connectivity index (χ2v) is 8.43. The van der Waals surface area contributed by atoms with Crippen molar-refractivity contribution in [3.05, 3.63) is 47.5 Å². The van der Waals surface area contributed by atoms with Gasteiger partial charge in [0.05, 0.1) is 27.0 Å². The number of likely N-dealkylation sites (tertiary alicyclic amines) is 1. The number of benzene rings is 2. The van der Waals surface area contributed by atoms with E-state index in [-0.39, 0.29) is 17.9 Å². The number of urea groups is 1. The van der Waals surface area contributed by atoms with Crippen molar-refractivity contribution in [2.75, 3.05) is 39.7 Å². The summed E-state index contributed by atoms with van der Waals surface area (Å²) >= 11 is 0. The number of piperidine rings is 1. The van der Waals surface area contributed by atoms with E-state index in [1.807, 2.05) is 0 Å². The molecular weight excluding hydrogens is 434 g/mol. The number of carbonyl (C=O) groups is 2. The highest BCUT2D eigenvalue weighted by molar-refractivity contribution is 5.90. The van der Waals surface area contributed by atoms with Crippen LogP contribution in [0.5, 0.6) is 17.2 Å². The number of methoxy groups -OCH3 is 3. The summed E-state index contributed by atoms with van der Waals surface area (Å²) in [5.74, 6) is 1.75. The maximum Gasteiger partial charge on any atom is 0.321 e. The summed E-state index contributed by atoms with van der Waals surface area (Å²) in [5.41, 5.74) is 2.95. The van der Waals surface area contributed by atoms with E-state index in [4.69, 9.17) is 14.2 Å². The lowest BCUT2D eigenvalue weighted by Crippen LogP contribution is -2.41. The molecule has 34 heavy (non-hydrogen) atoms. The van der Waals surface area contributed by atoms with E-state index in [1.165, 1.54) is 26.9 Å². The largest absolute Gasteiger partial charge is 0.493 e. The zero-order chi connectivity index (χ0) is 24.5. The van der Waals surface area contributed by atoms with Gasteiger partial charge in [-0.2, -0.15) is 0 Å². The molecule has 3 amide bonds. The highest BCUT2D eigenvalue weighted by Crippen LogP contribution is 2.40. The van der Waals surface area contributed by atoms with Gasteiger partial charge in [-0.1, -0.05) is 31.2 Å². The van der Waals surface area contributed by atoms with Crippen molar-refractivity contribution in [1.29, 1.82) is 0 Å². The van der Waals surface area contributed by atoms with Crippen LogP contribution in [0.25, 0.3) is 0 Å². The Kier molecular flexibility index (Phi) is 9.01. The third kappa shape index (κ3) is 6.56. The van der Waals surface area contributed by atoms with Crippen LogP contribution in [0.1, 0.15) is 37.3 Å². The molecule has 0 aromatic heterocycles. The number of rotatable bonds is 9. The van der Waals surface area contributed by atoms with E-state index in [0.717, 1.165) is 24.8 Å². The number of carbonyl (C=O) groups excluding carboxylic acids is 2. The number of nitrogens with zero attached hydrogens (tertiary/aromatic N) is 1. The number of anilines is 1. The predicted molar refractivity (Wildman–Crippen MR) is 132 cm³/mol. The van der Waals surface area contributed by atoms with Crippen LogP contribution in [0.3, 0.4) is 0 Å². The minimum Gasteiger partial charge on any atom is -0.493 e. The Bertz CT molecular complexity index is 944. The molecule has 0 spiro atoms. The van der Waals surface area contributed by atoms with Crippen molar-refractivity contribution >= 4 is 17.6 Å². The SMILES string of the molecule is CCc1ccc(CNC(=O)CC2CCN(C(=O)Nc3cc(OC)c(OC)c(OC)c3)CC2)cc1. The van der Waals surface area contributed by atoms with Crippen LogP contribution in [0.4, 0.5) is 10.5 Å². The van der Waals surface area contributed by atoms with Crippen LogP contribution in [0.15, 0.2) is 36.4 Å². The van der Waals surface area contributed by atoms with Gasteiger partial charge in [0.25, 0.3) is 0 Å². The molecule has 0 aliphatic carbocycles. The number of amides is 3. The van der Waals surface area contributed by atoms with Crippen LogP contribution in [0.2, 0.25) is 0 Å². The van der Waals surface area contributed by atoms with Gasteiger partial charge in [-0.05, 0) is 36.3 Å². The van der Waals surface area contributed by atoms with Crippen LogP contribution in [-0.2, 0) is 17.8 Å². The Morgan fingerprint density at radius 3 is 2.06 bits per heavy atom. The smallest absolute Gasteiger partial charge is 0.321 e. The summed E-state index contributed by atoms with van der Waals surface area (Å²) in [7, 11) is 4.60. The number of aryl methyl sites for hydroxylation is 1. The van der Waals surface area contributed by atoms with Gasteiger partial charge < -0.3 is 29.7 Å². The Morgan fingerprint density at radius 2 is 1.53 bits per heavy atom. The maximum absolute atomic E-state index is 12.8. The molecule has 0 unspecified atom stereocenters. The summed E-state index contributed by atoms with van der Waals surface area (Å²) < 4.78 is 16.0. The lowest BCUT2D eigenvalue weighted by Gasteiger charge is -2.31. The first-order chi connectivity index (χ1) is 16.5. The van der Waals surface area contributed by atoms with Crippen molar-refractivity contribution in [3.8, 4) is 17.2 Å². The third-order valence-electron chi connectivity index (χ3n) is 6.21. The van der Waals surface area contributed by atoms with Gasteiger partial charge in [-0.3, -0.25) is 4.79 Å². The normalized spacial score (nSPS) is 13.8. The van der Waals surface area contributed by atoms with E-state index in [2.05, 4.69) is 41.8 Å². The molecule has 8 heteroatoms. The molecule has 3 rings (SSSR count). The molecule has 0 atom stereocenters. The van der Waals surface area contributed by atoms with E-state index < -0.39 is 0 Å². The predicted octanol–water partition coefficient (Wildman–Crippen LogP) is 4.23. The second-order valence-electron chi connectivity index (χ2n) is 8.43. The molecule has 2 aromatic carbocycles. The average molecular weight is 470 g/mol. The number of ether oxygens (including phenoxy) is 3. The monoisotopic (exact) mass is 469 g/mol. The topological polar surface area (TPSA) is 89.1 Å². The fourth-order valence-electron chi connectivity index (χ4n) is 4.12. The molecule has 1 heterocycles. The van der Waals surface area contributed by atoms with Crippen LogP contribution < -0.4 is 24.8 Å². The molecule has 0 bridgehead atoms. The van der Waals surface area contributed by atoms with Crippen molar-refractivity contribution in [2.45, 2.75) is 39.2 Å². The van der Waals surface area contributed by atoms with Gasteiger partial charge in [0.2, 0.25) is 11.7 Å². The summed E-state index contributed by atoms with van der Waals surface area (Å²) in [4.78, 5) is 26.9. The fraction of sp³-hybridized carbons (Fsp3) is 0.462. The van der Waals surface area contributed by atoms with Gasteiger partial charge >= 0.3 is 6.03 Å². The molecule has 184 valence electrons. The molecule has 8 nitrogen and oxygen atoms in total. The molecule has 1 aliphatic heterocycles. The van der Waals surface area contributed by atoms with Crippen LogP contribution in [-0.4, -0.2) is 51.3 Å². The zero-order valence-electron chi connectivity index (χ0n) is 20.5. The first-order valence-corrected chi connectivity index (χ1v) is 11.7. The molecule has 0 saturated carbocycles. The molecule has 1 saturated heterocycles. The highest BCUT2D eigenvalue weighted by Gasteiger charge is 2.25. The summed E-state index contributed by atoms with van der Waals surface area (Å²) in [6, 6.07) is 11.5. The molecular formula is C26H35N3O5. The summed E-state index contributed by atoms with van der Waals surface area (Å²) in [6.45, 7) is 3.87. The Labute approximate surface area is 201 Å². The van der Waals surface area contributed by atoms with Gasteiger partial charge in [0, 0.05) is 38.2 Å². The van der Waals surface area contributed by atoms with E-state index in [0.29, 0.717) is 49.0 Å². The number of hydrogen-bond acceptors (Lipinski definition) is 5. The first-order valence-electron chi connectivity index (χ1n) is 11.7. The van der Waals surface area contributed by atoms with Crippen molar-refractivity contribution < 1.29 is 23.8 Å². The maximum atomic E-state index is 12.8. The third-order valence-corrected chi connectivity index (χ3v) is 6.21. The Balaban J connectivity index is 1.46. The highest BCUT2D eigenvalue weighted by atomic mass is 16.5. The van der Waals surface area contributed by atoms with E-state index in [9.17, 15) is 9.59 Å². The summed E-state index contributed by atoms with van der Waals surface area (Å²) in [6.07, 6.45) is 3.07. The second kappa shape index (κ2) is 12.2. The van der Waals surface area contributed by atoms with Crippen LogP contribution in [0, 0.1) is 5.92 Å². The minimum absolute atomic E-state index is 0.0555. The number of nitrogens with one attached hydrogen (secondary N) is 2. The lowest BCUT2D eigenvalue weighted by atomic mass is 9.93. The zero-order valence-corrected chi connectivity index (χ0v) is 20.5. The molecule has 2 N–H and O–H groups in total. The standard InChI is InChI=1S/C26H35N3O5/c1-5-18-6-8-20(9-7-18)17-27-24(30)14-19-10-12-29(13-11-19)26(31)28-21-15-22(32-2)25(34-4)23(16-21)33-3/h6-9,15-16,19H,5,10-14,17H2,1-4H3,(H,27,30)(H,28,31). The van der Waals surface area contributed by atoms with E-state index in [1.54, 1.807) is 17.0 Å². The Morgan fingerprint density at radius 1 is 0.941 bits per heavy atom. The molecule has 1 aliphatic rings. The quantitative estimate of drug-likeness (QED) is 0.574. The van der Waals surface area contributed by atoms with E-state index >= 15 is 0 Å². The molecule has 1 fully saturated rings. The van der Waals surface area contributed by atoms with Crippen molar-refractivity contribution in [1.82, 2.24) is 10.2 Å². The minimum atomic E-state index is -0.187. The number of hydrogen-bond donors (Lipinski definition) is 2. The first kappa shape index (κ1) is 25.2. The molecule has 0 radical (unpaired) electrons. The Hall–Kier alpha value is -3.42. The fourth-order valence-corrected chi connectivity index (χ4v) is 4.12.